The lowest BCUT2D eigenvalue weighted by Crippen LogP contribution is -2.35. The molecule has 0 spiro atoms. The molecule has 34 heavy (non-hydrogen) atoms. The van der Waals surface area contributed by atoms with Gasteiger partial charge < -0.3 is 4.98 Å². The maximum absolute atomic E-state index is 13.5. The molecule has 5 rings (SSSR count). The molecule has 0 bridgehead atoms. The Bertz CT molecular complexity index is 1310. The number of nitrogens with one attached hydrogen (secondary N) is 1. The van der Waals surface area contributed by atoms with E-state index in [0.29, 0.717) is 12.1 Å². The summed E-state index contributed by atoms with van der Waals surface area (Å²) in [4.78, 5) is 19.0. The van der Waals surface area contributed by atoms with Crippen molar-refractivity contribution in [2.24, 2.45) is 0 Å². The van der Waals surface area contributed by atoms with Crippen LogP contribution in [0.25, 0.3) is 10.9 Å². The van der Waals surface area contributed by atoms with Crippen molar-refractivity contribution >= 4 is 10.9 Å². The molecular weight excluding hydrogens is 424 g/mol. The lowest BCUT2D eigenvalue weighted by molar-refractivity contribution is 0.204. The van der Waals surface area contributed by atoms with Crippen LogP contribution in [0, 0.1) is 6.92 Å². The van der Waals surface area contributed by atoms with Gasteiger partial charge in [-0.05, 0) is 59.3 Å². The summed E-state index contributed by atoms with van der Waals surface area (Å²) < 4.78 is 2.00. The van der Waals surface area contributed by atoms with Gasteiger partial charge in [-0.15, -0.1) is 5.10 Å². The van der Waals surface area contributed by atoms with Gasteiger partial charge in [0.15, 0.2) is 5.82 Å². The van der Waals surface area contributed by atoms with Crippen LogP contribution in [0.3, 0.4) is 0 Å². The van der Waals surface area contributed by atoms with Crippen LogP contribution < -0.4 is 5.56 Å². The van der Waals surface area contributed by atoms with Gasteiger partial charge in [-0.25, -0.2) is 4.68 Å². The van der Waals surface area contributed by atoms with Crippen molar-refractivity contribution in [2.45, 2.75) is 64.6 Å². The first kappa shape index (κ1) is 22.5. The molecule has 2 aromatic carbocycles. The van der Waals surface area contributed by atoms with Crippen molar-refractivity contribution in [1.82, 2.24) is 30.1 Å². The van der Waals surface area contributed by atoms with Gasteiger partial charge in [0.2, 0.25) is 0 Å². The summed E-state index contributed by atoms with van der Waals surface area (Å²) in [5.41, 5.74) is 3.73. The second kappa shape index (κ2) is 9.89. The first-order chi connectivity index (χ1) is 16.7. The molecule has 1 fully saturated rings. The zero-order valence-electron chi connectivity index (χ0n) is 19.9. The molecule has 0 radical (unpaired) electrons. The van der Waals surface area contributed by atoms with Gasteiger partial charge in [-0.2, -0.15) is 0 Å². The molecule has 2 aromatic heterocycles. The van der Waals surface area contributed by atoms with Crippen molar-refractivity contribution in [3.8, 4) is 0 Å². The maximum Gasteiger partial charge on any atom is 0.253 e. The average Bonchev–Trinajstić information content (AvgIpc) is 3.35. The molecular formula is C27H32N6O. The Morgan fingerprint density at radius 2 is 1.88 bits per heavy atom. The molecule has 1 aliphatic carbocycles. The minimum atomic E-state index is -0.351. The third-order valence-corrected chi connectivity index (χ3v) is 7.09. The van der Waals surface area contributed by atoms with E-state index in [1.165, 1.54) is 24.8 Å². The third-order valence-electron chi connectivity index (χ3n) is 7.09. The molecule has 1 saturated carbocycles. The van der Waals surface area contributed by atoms with Crippen LogP contribution in [0.15, 0.2) is 59.4 Å². The minimum Gasteiger partial charge on any atom is -0.321 e. The summed E-state index contributed by atoms with van der Waals surface area (Å²) in [5, 5.41) is 14.1. The van der Waals surface area contributed by atoms with E-state index < -0.39 is 0 Å². The number of pyridine rings is 1. The molecule has 7 nitrogen and oxygen atoms in total. The monoisotopic (exact) mass is 456 g/mol. The van der Waals surface area contributed by atoms with E-state index >= 15 is 0 Å². The number of aryl methyl sites for hydroxylation is 1. The topological polar surface area (TPSA) is 79.7 Å². The zero-order valence-corrected chi connectivity index (χ0v) is 19.9. The molecule has 1 aliphatic rings. The van der Waals surface area contributed by atoms with Crippen LogP contribution in [-0.2, 0) is 6.54 Å². The standard InChI is InChI=1S/C27H32N6O/c1-3-32(18-20-12-6-4-7-13-20)25(26-29-30-31-33(26)22-15-8-5-9-16-22)23-17-21-14-10-11-19(2)24(21)28-27(23)34/h4,6-7,10-14,17,22,25H,3,5,8-9,15-16,18H2,1-2H3,(H,28,34). The molecule has 2 heterocycles. The fraction of sp³-hybridized carbons (Fsp3) is 0.407. The lowest BCUT2D eigenvalue weighted by atomic mass is 9.95. The summed E-state index contributed by atoms with van der Waals surface area (Å²) in [6.07, 6.45) is 5.78. The number of benzene rings is 2. The number of H-pyrrole nitrogens is 1. The number of para-hydroxylation sites is 1. The number of nitrogens with zero attached hydrogens (tertiary/aromatic N) is 5. The first-order valence-electron chi connectivity index (χ1n) is 12.3. The fourth-order valence-electron chi connectivity index (χ4n) is 5.27. The Morgan fingerprint density at radius 1 is 1.09 bits per heavy atom. The van der Waals surface area contributed by atoms with Gasteiger partial charge in [0.1, 0.15) is 6.04 Å². The largest absolute Gasteiger partial charge is 0.321 e. The second-order valence-corrected chi connectivity index (χ2v) is 9.32. The molecule has 4 aromatic rings. The molecule has 0 saturated heterocycles. The van der Waals surface area contributed by atoms with E-state index in [1.54, 1.807) is 0 Å². The highest BCUT2D eigenvalue weighted by atomic mass is 16.1. The van der Waals surface area contributed by atoms with Crippen LogP contribution >= 0.6 is 0 Å². The van der Waals surface area contributed by atoms with Crippen LogP contribution in [0.4, 0.5) is 0 Å². The predicted octanol–water partition coefficient (Wildman–Crippen LogP) is 4.94. The molecule has 1 N–H and O–H groups in total. The third kappa shape index (κ3) is 4.40. The minimum absolute atomic E-state index is 0.0866. The molecule has 0 aliphatic heterocycles. The number of hydrogen-bond donors (Lipinski definition) is 1. The Labute approximate surface area is 199 Å². The zero-order chi connectivity index (χ0) is 23.5. The Kier molecular flexibility index (Phi) is 6.54. The molecule has 0 amide bonds. The average molecular weight is 457 g/mol. The van der Waals surface area contributed by atoms with Crippen molar-refractivity contribution in [3.05, 3.63) is 87.5 Å². The number of aromatic nitrogens is 5. The van der Waals surface area contributed by atoms with E-state index in [0.717, 1.165) is 41.7 Å². The van der Waals surface area contributed by atoms with Gasteiger partial charge in [-0.1, -0.05) is 74.7 Å². The first-order valence-corrected chi connectivity index (χ1v) is 12.3. The Balaban J connectivity index is 1.65. The van der Waals surface area contributed by atoms with Crippen LogP contribution in [0.2, 0.25) is 0 Å². The van der Waals surface area contributed by atoms with Crippen LogP contribution in [-0.4, -0.2) is 36.6 Å². The maximum atomic E-state index is 13.5. The summed E-state index contributed by atoms with van der Waals surface area (Å²) >= 11 is 0. The quantitative estimate of drug-likeness (QED) is 0.426. The SMILES string of the molecule is CCN(Cc1ccccc1)C(c1cc2cccc(C)c2[nH]c1=O)c1nnnn1C1CCCCC1. The molecule has 1 unspecified atom stereocenters. The number of rotatable bonds is 7. The van der Waals surface area contributed by atoms with Crippen molar-refractivity contribution in [3.63, 3.8) is 0 Å². The molecule has 1 atom stereocenters. The highest BCUT2D eigenvalue weighted by Crippen LogP contribution is 2.33. The number of tetrazole rings is 1. The Hall–Kier alpha value is -3.32. The van der Waals surface area contributed by atoms with E-state index in [2.05, 4.69) is 62.7 Å². The predicted molar refractivity (Wildman–Crippen MR) is 134 cm³/mol. The van der Waals surface area contributed by atoms with Crippen LogP contribution in [0.1, 0.15) is 73.6 Å². The van der Waals surface area contributed by atoms with Crippen LogP contribution in [0.5, 0.6) is 0 Å². The second-order valence-electron chi connectivity index (χ2n) is 9.32. The lowest BCUT2D eigenvalue weighted by Gasteiger charge is -2.32. The molecule has 7 heteroatoms. The van der Waals surface area contributed by atoms with E-state index in [4.69, 9.17) is 0 Å². The summed E-state index contributed by atoms with van der Waals surface area (Å²) in [5.74, 6) is 0.752. The van der Waals surface area contributed by atoms with Gasteiger partial charge in [-0.3, -0.25) is 9.69 Å². The summed E-state index contributed by atoms with van der Waals surface area (Å²) in [6, 6.07) is 18.4. The normalized spacial score (nSPS) is 15.7. The molecule has 176 valence electrons. The van der Waals surface area contributed by atoms with Gasteiger partial charge in [0.25, 0.3) is 5.56 Å². The summed E-state index contributed by atoms with van der Waals surface area (Å²) in [6.45, 7) is 5.60. The number of fused-ring (bicyclic) bond motifs is 1. The number of aromatic amines is 1. The number of hydrogen-bond acceptors (Lipinski definition) is 5. The van der Waals surface area contributed by atoms with Crippen molar-refractivity contribution in [2.75, 3.05) is 6.54 Å². The van der Waals surface area contributed by atoms with Gasteiger partial charge in [0.05, 0.1) is 11.6 Å². The van der Waals surface area contributed by atoms with Crippen molar-refractivity contribution in [1.29, 1.82) is 0 Å². The van der Waals surface area contributed by atoms with Gasteiger partial charge in [0, 0.05) is 12.1 Å². The highest BCUT2D eigenvalue weighted by molar-refractivity contribution is 5.82. The smallest absolute Gasteiger partial charge is 0.253 e. The fourth-order valence-corrected chi connectivity index (χ4v) is 5.27. The van der Waals surface area contributed by atoms with Gasteiger partial charge >= 0.3 is 0 Å². The highest BCUT2D eigenvalue weighted by Gasteiger charge is 2.32. The summed E-state index contributed by atoms with van der Waals surface area (Å²) in [7, 11) is 0. The Morgan fingerprint density at radius 3 is 2.65 bits per heavy atom. The van der Waals surface area contributed by atoms with E-state index in [1.807, 2.05) is 35.9 Å². The van der Waals surface area contributed by atoms with E-state index in [-0.39, 0.29) is 17.6 Å². The van der Waals surface area contributed by atoms with Crippen molar-refractivity contribution < 1.29 is 0 Å². The van der Waals surface area contributed by atoms with E-state index in [9.17, 15) is 4.79 Å².